The molecule has 0 aliphatic rings. The maximum atomic E-state index is 10.9. The molecule has 0 radical (unpaired) electrons. The van der Waals surface area contributed by atoms with Crippen molar-refractivity contribution in [3.63, 3.8) is 0 Å². The lowest BCUT2D eigenvalue weighted by molar-refractivity contribution is 0.477. The molecule has 0 bridgehead atoms. The van der Waals surface area contributed by atoms with Crippen LogP contribution in [0.3, 0.4) is 0 Å². The topological polar surface area (TPSA) is 43.0 Å². The van der Waals surface area contributed by atoms with Crippen LogP contribution in [-0.2, 0) is 0 Å². The number of aromatic nitrogens is 3. The second-order valence-corrected chi connectivity index (χ2v) is 14.2. The molecule has 55 heavy (non-hydrogen) atoms. The summed E-state index contributed by atoms with van der Waals surface area (Å²) in [5.41, 5.74) is 14.1. The molecule has 4 nitrogen and oxygen atoms in total. The SMILES string of the molecule is Oc1ccc(-c2ccc(-n3c4ccccc4c4cc(-c5ccc6c(c5)c5ccccc5n6-c5ccccc5)ccc43)cc2)cc1-c1cnc2ccccc2c1. The number of hydrogen-bond donors (Lipinski definition) is 1. The number of hydrogen-bond acceptors (Lipinski definition) is 2. The van der Waals surface area contributed by atoms with Gasteiger partial charge in [0.2, 0.25) is 0 Å². The fourth-order valence-electron chi connectivity index (χ4n) is 8.41. The van der Waals surface area contributed by atoms with Gasteiger partial charge in [-0.2, -0.15) is 0 Å². The molecule has 8 aromatic carbocycles. The number of benzene rings is 8. The summed E-state index contributed by atoms with van der Waals surface area (Å²) in [6.45, 7) is 0. The zero-order chi connectivity index (χ0) is 36.5. The van der Waals surface area contributed by atoms with Crippen LogP contribution in [0.15, 0.2) is 194 Å². The molecule has 11 aromatic rings. The van der Waals surface area contributed by atoms with Crippen LogP contribution in [0.2, 0.25) is 0 Å². The van der Waals surface area contributed by atoms with Crippen molar-refractivity contribution in [1.82, 2.24) is 14.1 Å². The van der Waals surface area contributed by atoms with Crippen molar-refractivity contribution in [3.8, 4) is 50.5 Å². The van der Waals surface area contributed by atoms with Gasteiger partial charge in [0.15, 0.2) is 0 Å². The van der Waals surface area contributed by atoms with Gasteiger partial charge in [-0.05, 0) is 107 Å². The molecule has 0 aliphatic heterocycles. The first-order valence-corrected chi connectivity index (χ1v) is 18.6. The van der Waals surface area contributed by atoms with E-state index < -0.39 is 0 Å². The van der Waals surface area contributed by atoms with Gasteiger partial charge in [0.25, 0.3) is 0 Å². The Morgan fingerprint density at radius 1 is 0.364 bits per heavy atom. The molecule has 0 saturated carbocycles. The predicted molar refractivity (Wildman–Crippen MR) is 228 cm³/mol. The Balaban J connectivity index is 0.985. The minimum Gasteiger partial charge on any atom is -0.507 e. The fourth-order valence-corrected chi connectivity index (χ4v) is 8.41. The van der Waals surface area contributed by atoms with Crippen LogP contribution in [-0.4, -0.2) is 19.2 Å². The second kappa shape index (κ2) is 12.3. The highest BCUT2D eigenvalue weighted by atomic mass is 16.3. The third-order valence-electron chi connectivity index (χ3n) is 11.0. The number of rotatable bonds is 5. The monoisotopic (exact) mass is 703 g/mol. The molecule has 11 rings (SSSR count). The summed E-state index contributed by atoms with van der Waals surface area (Å²) < 4.78 is 4.72. The van der Waals surface area contributed by atoms with Gasteiger partial charge in [-0.15, -0.1) is 0 Å². The Morgan fingerprint density at radius 3 is 1.55 bits per heavy atom. The summed E-state index contributed by atoms with van der Waals surface area (Å²) in [6, 6.07) is 66.3. The van der Waals surface area contributed by atoms with E-state index in [1.807, 2.05) is 36.5 Å². The van der Waals surface area contributed by atoms with E-state index in [2.05, 4.69) is 166 Å². The third kappa shape index (κ3) is 5.03. The number of nitrogens with zero attached hydrogens (tertiary/aromatic N) is 3. The maximum Gasteiger partial charge on any atom is 0.123 e. The molecular formula is C51H33N3O. The van der Waals surface area contributed by atoms with Crippen LogP contribution in [0.1, 0.15) is 0 Å². The summed E-state index contributed by atoms with van der Waals surface area (Å²) >= 11 is 0. The Kier molecular flexibility index (Phi) is 6.98. The average molecular weight is 704 g/mol. The number of phenolic OH excluding ortho intramolecular Hbond substituents is 1. The largest absolute Gasteiger partial charge is 0.507 e. The molecule has 0 atom stereocenters. The molecule has 0 unspecified atom stereocenters. The van der Waals surface area contributed by atoms with E-state index in [-0.39, 0.29) is 5.75 Å². The lowest BCUT2D eigenvalue weighted by atomic mass is 9.98. The molecule has 0 aliphatic carbocycles. The first-order chi connectivity index (χ1) is 27.2. The van der Waals surface area contributed by atoms with Crippen LogP contribution in [0, 0.1) is 0 Å². The molecule has 0 spiro atoms. The Morgan fingerprint density at radius 2 is 0.873 bits per heavy atom. The Labute approximate surface area is 317 Å². The van der Waals surface area contributed by atoms with Crippen LogP contribution < -0.4 is 0 Å². The van der Waals surface area contributed by atoms with Gasteiger partial charge in [0.1, 0.15) is 5.75 Å². The highest BCUT2D eigenvalue weighted by Crippen LogP contribution is 2.39. The molecule has 1 N–H and O–H groups in total. The van der Waals surface area contributed by atoms with E-state index >= 15 is 0 Å². The van der Waals surface area contributed by atoms with Crippen LogP contribution in [0.5, 0.6) is 5.75 Å². The van der Waals surface area contributed by atoms with Crippen LogP contribution in [0.4, 0.5) is 0 Å². The first-order valence-electron chi connectivity index (χ1n) is 18.6. The van der Waals surface area contributed by atoms with Gasteiger partial charge in [-0.1, -0.05) is 103 Å². The molecule has 258 valence electrons. The van der Waals surface area contributed by atoms with Crippen LogP contribution in [0.25, 0.3) is 99.3 Å². The highest BCUT2D eigenvalue weighted by molar-refractivity contribution is 6.12. The molecule has 4 heteroatoms. The van der Waals surface area contributed by atoms with E-state index in [1.54, 1.807) is 6.07 Å². The molecule has 0 fully saturated rings. The fraction of sp³-hybridized carbons (Fsp3) is 0. The normalized spacial score (nSPS) is 11.7. The number of para-hydroxylation sites is 4. The van der Waals surface area contributed by atoms with Gasteiger partial charge >= 0.3 is 0 Å². The lowest BCUT2D eigenvalue weighted by Crippen LogP contribution is -1.94. The molecule has 3 aromatic heterocycles. The zero-order valence-electron chi connectivity index (χ0n) is 29.8. The quantitative estimate of drug-likeness (QED) is 0.194. The van der Waals surface area contributed by atoms with E-state index in [0.717, 1.165) is 50.0 Å². The summed E-state index contributed by atoms with van der Waals surface area (Å²) in [6.07, 6.45) is 1.83. The van der Waals surface area contributed by atoms with Crippen molar-refractivity contribution in [3.05, 3.63) is 194 Å². The molecule has 3 heterocycles. The smallest absolute Gasteiger partial charge is 0.123 e. The van der Waals surface area contributed by atoms with Crippen molar-refractivity contribution >= 4 is 54.5 Å². The van der Waals surface area contributed by atoms with Gasteiger partial charge in [-0.3, -0.25) is 4.98 Å². The van der Waals surface area contributed by atoms with E-state index in [1.165, 1.54) is 49.2 Å². The van der Waals surface area contributed by atoms with Gasteiger partial charge in [0.05, 0.1) is 27.6 Å². The molecule has 0 saturated heterocycles. The maximum absolute atomic E-state index is 10.9. The third-order valence-corrected chi connectivity index (χ3v) is 11.0. The standard InChI is InChI=1S/C51H33N3O/c55-51-27-22-34(29-43(51)38-28-37-10-4-7-15-46(37)52-32-38)33-18-23-40(24-19-33)54-48-17-9-6-14-42(48)45-31-36(21-26-50(45)54)35-20-25-49-44(30-35)41-13-5-8-16-47(41)53(49)39-11-2-1-3-12-39/h1-32,55H. The van der Waals surface area contributed by atoms with Gasteiger partial charge in [-0.25, -0.2) is 0 Å². The van der Waals surface area contributed by atoms with E-state index in [0.29, 0.717) is 0 Å². The highest BCUT2D eigenvalue weighted by Gasteiger charge is 2.16. The first kappa shape index (κ1) is 31.1. The van der Waals surface area contributed by atoms with Crippen molar-refractivity contribution in [1.29, 1.82) is 0 Å². The van der Waals surface area contributed by atoms with Crippen LogP contribution >= 0.6 is 0 Å². The number of fused-ring (bicyclic) bond motifs is 7. The summed E-state index contributed by atoms with van der Waals surface area (Å²) in [5, 5.41) is 16.8. The van der Waals surface area contributed by atoms with Gasteiger partial charge < -0.3 is 14.2 Å². The van der Waals surface area contributed by atoms with Crippen molar-refractivity contribution < 1.29 is 5.11 Å². The summed E-state index contributed by atoms with van der Waals surface area (Å²) in [4.78, 5) is 4.63. The Hall–Kier alpha value is -7.43. The van der Waals surface area contributed by atoms with E-state index in [4.69, 9.17) is 0 Å². The zero-order valence-corrected chi connectivity index (χ0v) is 29.8. The minimum absolute atomic E-state index is 0.237. The van der Waals surface area contributed by atoms with Crippen molar-refractivity contribution in [2.45, 2.75) is 0 Å². The predicted octanol–water partition coefficient (Wildman–Crippen LogP) is 13.1. The van der Waals surface area contributed by atoms with E-state index in [9.17, 15) is 5.11 Å². The number of phenols is 1. The average Bonchev–Trinajstić information content (AvgIpc) is 3.76. The molecule has 0 amide bonds. The number of pyridine rings is 1. The minimum atomic E-state index is 0.237. The Bertz CT molecular complexity index is 3260. The summed E-state index contributed by atoms with van der Waals surface area (Å²) in [5.74, 6) is 0.237. The van der Waals surface area contributed by atoms with Crippen molar-refractivity contribution in [2.24, 2.45) is 0 Å². The number of aromatic hydroxyl groups is 1. The lowest BCUT2D eigenvalue weighted by Gasteiger charge is -2.12. The molecular weight excluding hydrogens is 671 g/mol. The van der Waals surface area contributed by atoms with Gasteiger partial charge in [0, 0.05) is 55.6 Å². The van der Waals surface area contributed by atoms with Crippen molar-refractivity contribution in [2.75, 3.05) is 0 Å². The second-order valence-electron chi connectivity index (χ2n) is 14.2. The summed E-state index contributed by atoms with van der Waals surface area (Å²) in [7, 11) is 0.